The van der Waals surface area contributed by atoms with Crippen molar-refractivity contribution in [2.45, 2.75) is 122 Å². The maximum Gasteiger partial charge on any atom is 0.251 e. The summed E-state index contributed by atoms with van der Waals surface area (Å²) in [5, 5.41) is 2.91. The van der Waals surface area contributed by atoms with Crippen LogP contribution in [0.25, 0.3) is 0 Å². The van der Waals surface area contributed by atoms with E-state index in [-0.39, 0.29) is 17.7 Å². The molecule has 30 heavy (non-hydrogen) atoms. The molecule has 168 valence electrons. The van der Waals surface area contributed by atoms with Crippen molar-refractivity contribution in [3.63, 3.8) is 0 Å². The summed E-state index contributed by atoms with van der Waals surface area (Å²) in [5.74, 6) is 0.657. The van der Waals surface area contributed by atoms with Crippen LogP contribution in [0.3, 0.4) is 0 Å². The van der Waals surface area contributed by atoms with Gasteiger partial charge < -0.3 is 5.32 Å². The Hall–Kier alpha value is -1.64. The third-order valence-corrected chi connectivity index (χ3v) is 6.57. The smallest absolute Gasteiger partial charge is 0.251 e. The molecule has 0 aromatic heterocycles. The van der Waals surface area contributed by atoms with E-state index in [2.05, 4.69) is 31.3 Å². The number of amides is 1. The first kappa shape index (κ1) is 24.6. The second kappa shape index (κ2) is 14.4. The van der Waals surface area contributed by atoms with Gasteiger partial charge in [-0.25, -0.2) is 0 Å². The molecular weight excluding hydrogens is 370 g/mol. The molecule has 1 saturated carbocycles. The van der Waals surface area contributed by atoms with Crippen LogP contribution in [-0.4, -0.2) is 17.7 Å². The molecule has 0 radical (unpaired) electrons. The van der Waals surface area contributed by atoms with Gasteiger partial charge in [-0.15, -0.1) is 0 Å². The molecule has 2 atom stereocenters. The first-order valence-electron chi connectivity index (χ1n) is 12.6. The summed E-state index contributed by atoms with van der Waals surface area (Å²) < 4.78 is 0. The van der Waals surface area contributed by atoms with Gasteiger partial charge >= 0.3 is 0 Å². The predicted octanol–water partition coefficient (Wildman–Crippen LogP) is 7.34. The predicted molar refractivity (Wildman–Crippen MR) is 126 cm³/mol. The highest BCUT2D eigenvalue weighted by Crippen LogP contribution is 2.29. The minimum atomic E-state index is -0.281. The molecule has 1 aromatic carbocycles. The molecule has 1 N–H and O–H groups in total. The van der Waals surface area contributed by atoms with Crippen LogP contribution in [0, 0.1) is 0 Å². The number of hydrogen-bond acceptors (Lipinski definition) is 2. The van der Waals surface area contributed by atoms with Gasteiger partial charge in [0.1, 0.15) is 0 Å². The average molecular weight is 414 g/mol. The van der Waals surface area contributed by atoms with E-state index in [1.54, 1.807) is 0 Å². The highest BCUT2D eigenvalue weighted by atomic mass is 16.2. The molecule has 0 heterocycles. The van der Waals surface area contributed by atoms with Crippen molar-refractivity contribution in [2.24, 2.45) is 0 Å². The van der Waals surface area contributed by atoms with E-state index in [9.17, 15) is 9.59 Å². The first-order chi connectivity index (χ1) is 14.7. The Balaban J connectivity index is 1.89. The van der Waals surface area contributed by atoms with Gasteiger partial charge in [0.15, 0.2) is 5.78 Å². The molecule has 1 aliphatic rings. The van der Waals surface area contributed by atoms with Crippen molar-refractivity contribution in [2.75, 3.05) is 0 Å². The summed E-state index contributed by atoms with van der Waals surface area (Å²) in [6.07, 6.45) is 18.0. The Labute approximate surface area is 184 Å². The van der Waals surface area contributed by atoms with Crippen molar-refractivity contribution in [1.29, 1.82) is 0 Å². The number of Topliss-reactive ketones (excluding diaryl/α,β-unsaturated/α-hetero) is 1. The van der Waals surface area contributed by atoms with Gasteiger partial charge in [-0.1, -0.05) is 90.2 Å². The monoisotopic (exact) mass is 413 g/mol. The fraction of sp³-hybridized carbons (Fsp3) is 0.704. The Bertz CT molecular complexity index is 622. The lowest BCUT2D eigenvalue weighted by atomic mass is 9.87. The minimum Gasteiger partial charge on any atom is -0.342 e. The number of carbonyl (C=O) groups is 2. The average Bonchev–Trinajstić information content (AvgIpc) is 3.16. The molecule has 2 rings (SSSR count). The van der Waals surface area contributed by atoms with Crippen molar-refractivity contribution in [3.8, 4) is 0 Å². The van der Waals surface area contributed by atoms with E-state index < -0.39 is 0 Å². The van der Waals surface area contributed by atoms with Crippen molar-refractivity contribution in [1.82, 2.24) is 5.32 Å². The van der Waals surface area contributed by atoms with Crippen LogP contribution in [0.4, 0.5) is 0 Å². The normalized spacial score (nSPS) is 17.3. The number of unbranched alkanes of at least 4 members (excludes halogenated alkanes) is 8. The van der Waals surface area contributed by atoms with Crippen LogP contribution >= 0.6 is 0 Å². The van der Waals surface area contributed by atoms with Gasteiger partial charge in [0, 0.05) is 12.0 Å². The summed E-state index contributed by atoms with van der Waals surface area (Å²) in [6.45, 7) is 4.53. The van der Waals surface area contributed by atoms with E-state index in [1.807, 2.05) is 12.1 Å². The molecule has 1 amide bonds. The van der Waals surface area contributed by atoms with Crippen LogP contribution in [-0.2, 0) is 4.79 Å². The number of nitrogens with one attached hydrogen (secondary N) is 1. The number of ketones is 1. The van der Waals surface area contributed by atoms with Crippen LogP contribution in [0.5, 0.6) is 0 Å². The van der Waals surface area contributed by atoms with Gasteiger partial charge in [-0.05, 0) is 49.3 Å². The Kier molecular flexibility index (Phi) is 11.8. The van der Waals surface area contributed by atoms with Crippen LogP contribution in [0.15, 0.2) is 24.3 Å². The molecule has 0 saturated heterocycles. The van der Waals surface area contributed by atoms with E-state index in [0.29, 0.717) is 17.9 Å². The van der Waals surface area contributed by atoms with Crippen LogP contribution < -0.4 is 5.32 Å². The lowest BCUT2D eigenvalue weighted by Crippen LogP contribution is -2.37. The zero-order chi connectivity index (χ0) is 21.6. The van der Waals surface area contributed by atoms with Crippen LogP contribution in [0.1, 0.15) is 132 Å². The minimum absolute atomic E-state index is 0.114. The first-order valence-corrected chi connectivity index (χ1v) is 12.6. The maximum absolute atomic E-state index is 12.5. The highest BCUT2D eigenvalue weighted by molar-refractivity contribution is 5.98. The fourth-order valence-electron chi connectivity index (χ4n) is 4.58. The highest BCUT2D eigenvalue weighted by Gasteiger charge is 2.26. The second-order valence-corrected chi connectivity index (χ2v) is 9.11. The molecule has 0 aliphatic heterocycles. The topological polar surface area (TPSA) is 46.2 Å². The second-order valence-electron chi connectivity index (χ2n) is 9.11. The molecule has 3 heteroatoms. The SMILES string of the molecule is CCCCCCCCC(CCCCCC)c1ccc(C(=O)NC2CCCC2=O)cc1. The molecule has 1 aromatic rings. The number of rotatable bonds is 15. The third-order valence-electron chi connectivity index (χ3n) is 6.57. The Morgan fingerprint density at radius 2 is 1.47 bits per heavy atom. The summed E-state index contributed by atoms with van der Waals surface area (Å²) in [6, 6.07) is 7.91. The maximum atomic E-state index is 12.5. The van der Waals surface area contributed by atoms with Gasteiger partial charge in [-0.2, -0.15) is 0 Å². The zero-order valence-corrected chi connectivity index (χ0v) is 19.4. The van der Waals surface area contributed by atoms with E-state index in [1.165, 1.54) is 82.6 Å². The molecule has 3 nitrogen and oxygen atoms in total. The lowest BCUT2D eigenvalue weighted by molar-refractivity contribution is -0.118. The van der Waals surface area contributed by atoms with E-state index in [0.717, 1.165) is 12.8 Å². The largest absolute Gasteiger partial charge is 0.342 e. The standard InChI is InChI=1S/C27H43NO2/c1-3-5-7-9-10-12-15-22(14-11-8-6-4-2)23-18-20-24(21-19-23)27(30)28-25-16-13-17-26(25)29/h18-22,25H,3-17H2,1-2H3,(H,28,30). The molecule has 1 aliphatic carbocycles. The van der Waals surface area contributed by atoms with Gasteiger partial charge in [0.25, 0.3) is 5.91 Å². The number of carbonyl (C=O) groups excluding carboxylic acids is 2. The van der Waals surface area contributed by atoms with Crippen molar-refractivity contribution < 1.29 is 9.59 Å². The summed E-state index contributed by atoms with van der Waals surface area (Å²) >= 11 is 0. The third kappa shape index (κ3) is 8.62. The zero-order valence-electron chi connectivity index (χ0n) is 19.4. The number of hydrogen-bond donors (Lipinski definition) is 1. The molecule has 1 fully saturated rings. The quantitative estimate of drug-likeness (QED) is 0.306. The molecule has 0 bridgehead atoms. The fourth-order valence-corrected chi connectivity index (χ4v) is 4.58. The van der Waals surface area contributed by atoms with Gasteiger partial charge in [0.2, 0.25) is 0 Å². The lowest BCUT2D eigenvalue weighted by Gasteiger charge is -2.18. The van der Waals surface area contributed by atoms with Crippen molar-refractivity contribution in [3.05, 3.63) is 35.4 Å². The Morgan fingerprint density at radius 3 is 2.03 bits per heavy atom. The van der Waals surface area contributed by atoms with E-state index >= 15 is 0 Å². The van der Waals surface area contributed by atoms with Crippen LogP contribution in [0.2, 0.25) is 0 Å². The Morgan fingerprint density at radius 1 is 0.900 bits per heavy atom. The summed E-state index contributed by atoms with van der Waals surface area (Å²) in [7, 11) is 0. The van der Waals surface area contributed by atoms with Crippen molar-refractivity contribution >= 4 is 11.7 Å². The molecular formula is C27H43NO2. The summed E-state index contributed by atoms with van der Waals surface area (Å²) in [5.41, 5.74) is 2.04. The van der Waals surface area contributed by atoms with Gasteiger partial charge in [0.05, 0.1) is 6.04 Å². The van der Waals surface area contributed by atoms with Gasteiger partial charge in [-0.3, -0.25) is 9.59 Å². The molecule has 2 unspecified atom stereocenters. The van der Waals surface area contributed by atoms with E-state index in [4.69, 9.17) is 0 Å². The summed E-state index contributed by atoms with van der Waals surface area (Å²) in [4.78, 5) is 24.3. The number of benzene rings is 1. The molecule has 0 spiro atoms.